The summed E-state index contributed by atoms with van der Waals surface area (Å²) in [7, 11) is 0.842. The van der Waals surface area contributed by atoms with Gasteiger partial charge in [-0.1, -0.05) is 95.3 Å². The van der Waals surface area contributed by atoms with Crippen LogP contribution in [0.15, 0.2) is 60.7 Å². The van der Waals surface area contributed by atoms with Crippen LogP contribution in [0, 0.1) is 35.5 Å². The molecule has 0 aromatic heterocycles. The van der Waals surface area contributed by atoms with E-state index in [1.807, 2.05) is 67.6 Å². The first-order valence-electron chi connectivity index (χ1n) is 18.3. The Morgan fingerprint density at radius 3 is 1.47 bits per heavy atom. The summed E-state index contributed by atoms with van der Waals surface area (Å²) in [4.78, 5) is 52.3. The molecule has 2 heterocycles. The number of likely N-dealkylation sites (tertiary alicyclic amines) is 2. The zero-order valence-electron chi connectivity index (χ0n) is 32.9. The maximum Gasteiger partial charge on any atom is 0.410 e. The first kappa shape index (κ1) is 43.5. The number of hydrogen-bond acceptors (Lipinski definition) is 10. The van der Waals surface area contributed by atoms with Gasteiger partial charge in [0.05, 0.1) is 26.1 Å². The highest BCUT2D eigenvalue weighted by Crippen LogP contribution is 2.38. The molecule has 53 heavy (non-hydrogen) atoms. The molecule has 4 unspecified atom stereocenters. The average Bonchev–Trinajstić information content (AvgIpc) is 3.81. The number of aliphatic hydroxyl groups excluding tert-OH is 1. The van der Waals surface area contributed by atoms with Gasteiger partial charge in [0.15, 0.2) is 8.32 Å². The third kappa shape index (κ3) is 12.3. The van der Waals surface area contributed by atoms with Gasteiger partial charge < -0.3 is 38.3 Å². The Morgan fingerprint density at radius 1 is 0.717 bits per heavy atom. The standard InChI is InChI=1S/C23H37NO5Si.C17H23NO5/c1-17(15-29-30(6,7)23(2,3)4)19-13-24(14-20(19)21(25)27-5)22(26)28-16-18-11-9-8-10-12-18;1-12(10-19)14-8-18(9-15(14)16(20)22-2)17(21)23-11-13-6-4-3-5-7-13/h8-12,17,19-20H,13-16H2,1-7H3;3-7,12,14-15,19H,8-11H2,1-2H3/t17-,19?,20?;12-,14?,15?/m00/s1. The van der Waals surface area contributed by atoms with Crippen molar-refractivity contribution in [2.24, 2.45) is 35.5 Å². The highest BCUT2D eigenvalue weighted by atomic mass is 28.4. The van der Waals surface area contributed by atoms with E-state index in [1.165, 1.54) is 19.1 Å². The summed E-state index contributed by atoms with van der Waals surface area (Å²) in [5.41, 5.74) is 1.84. The average molecular weight is 757 g/mol. The van der Waals surface area contributed by atoms with Gasteiger partial charge in [0.2, 0.25) is 0 Å². The normalized spacial score (nSPS) is 21.2. The number of ether oxygens (including phenoxy) is 4. The molecule has 0 spiro atoms. The van der Waals surface area contributed by atoms with E-state index < -0.39 is 26.4 Å². The van der Waals surface area contributed by atoms with Crippen molar-refractivity contribution < 1.29 is 47.7 Å². The molecule has 1 N–H and O–H groups in total. The molecule has 2 aliphatic rings. The summed E-state index contributed by atoms with van der Waals surface area (Å²) >= 11 is 0. The number of benzene rings is 2. The van der Waals surface area contributed by atoms with Gasteiger partial charge in [-0.05, 0) is 52.9 Å². The molecule has 2 aromatic rings. The Kier molecular flexibility index (Phi) is 16.3. The second-order valence-corrected chi connectivity index (χ2v) is 20.5. The fraction of sp³-hybridized carbons (Fsp3) is 0.600. The minimum atomic E-state index is -1.89. The first-order valence-corrected chi connectivity index (χ1v) is 21.2. The third-order valence-electron chi connectivity index (χ3n) is 10.9. The van der Waals surface area contributed by atoms with Crippen molar-refractivity contribution >= 4 is 32.4 Å². The number of carbonyl (C=O) groups is 4. The molecule has 2 fully saturated rings. The van der Waals surface area contributed by atoms with Gasteiger partial charge in [0.1, 0.15) is 13.2 Å². The third-order valence-corrected chi connectivity index (χ3v) is 15.4. The van der Waals surface area contributed by atoms with Crippen molar-refractivity contribution in [2.45, 2.75) is 66.0 Å². The van der Waals surface area contributed by atoms with Gasteiger partial charge in [-0.25, -0.2) is 9.59 Å². The number of aliphatic hydroxyl groups is 1. The van der Waals surface area contributed by atoms with Crippen LogP contribution < -0.4 is 0 Å². The molecule has 0 radical (unpaired) electrons. The Hall–Kier alpha value is -3.94. The Bertz CT molecular complexity index is 1470. The molecule has 0 saturated carbocycles. The number of hydrogen-bond donors (Lipinski definition) is 1. The maximum atomic E-state index is 12.6. The van der Waals surface area contributed by atoms with E-state index in [-0.39, 0.29) is 72.9 Å². The van der Waals surface area contributed by atoms with E-state index in [0.29, 0.717) is 26.2 Å². The van der Waals surface area contributed by atoms with Gasteiger partial charge in [-0.3, -0.25) is 9.59 Å². The fourth-order valence-electron chi connectivity index (χ4n) is 6.35. The van der Waals surface area contributed by atoms with Crippen molar-refractivity contribution in [3.05, 3.63) is 71.8 Å². The van der Waals surface area contributed by atoms with Gasteiger partial charge in [0.25, 0.3) is 0 Å². The van der Waals surface area contributed by atoms with Gasteiger partial charge in [-0.15, -0.1) is 0 Å². The number of esters is 2. The lowest BCUT2D eigenvalue weighted by Crippen LogP contribution is -2.43. The Balaban J connectivity index is 0.000000295. The lowest BCUT2D eigenvalue weighted by molar-refractivity contribution is -0.147. The first-order chi connectivity index (χ1) is 25.0. The summed E-state index contributed by atoms with van der Waals surface area (Å²) < 4.78 is 27.0. The topological polar surface area (TPSA) is 141 Å². The highest BCUT2D eigenvalue weighted by Gasteiger charge is 2.45. The van der Waals surface area contributed by atoms with Crippen molar-refractivity contribution in [2.75, 3.05) is 53.6 Å². The summed E-state index contributed by atoms with van der Waals surface area (Å²) in [5.74, 6) is -1.54. The van der Waals surface area contributed by atoms with Crippen LogP contribution in [0.25, 0.3) is 0 Å². The Morgan fingerprint density at radius 2 is 1.11 bits per heavy atom. The van der Waals surface area contributed by atoms with Crippen LogP contribution in [0.3, 0.4) is 0 Å². The molecule has 0 aliphatic carbocycles. The van der Waals surface area contributed by atoms with Gasteiger partial charge in [0, 0.05) is 39.4 Å². The molecular formula is C40H60N2O10Si. The molecule has 6 atom stereocenters. The minimum Gasteiger partial charge on any atom is -0.469 e. The highest BCUT2D eigenvalue weighted by molar-refractivity contribution is 6.74. The van der Waals surface area contributed by atoms with Crippen LogP contribution >= 0.6 is 0 Å². The molecule has 4 rings (SSSR count). The van der Waals surface area contributed by atoms with E-state index in [2.05, 4.69) is 40.8 Å². The van der Waals surface area contributed by atoms with Crippen LogP contribution in [0.4, 0.5) is 9.59 Å². The number of methoxy groups -OCH3 is 2. The molecular weight excluding hydrogens is 697 g/mol. The minimum absolute atomic E-state index is 0.0218. The molecule has 2 amide bonds. The SMILES string of the molecule is COC(=O)C1CN(C(=O)OCc2ccccc2)CC1[C@@H](C)CO.COC(=O)C1CN(C(=O)OCc2ccccc2)CC1[C@@H](C)CO[Si](C)(C)C(C)(C)C. The van der Waals surface area contributed by atoms with Crippen molar-refractivity contribution in [3.63, 3.8) is 0 Å². The summed E-state index contributed by atoms with van der Waals surface area (Å²) in [6.07, 6.45) is -0.844. The Labute approximate surface area is 316 Å². The number of amides is 2. The zero-order valence-corrected chi connectivity index (χ0v) is 33.9. The molecule has 13 heteroatoms. The molecule has 2 aliphatic heterocycles. The van der Waals surface area contributed by atoms with E-state index >= 15 is 0 Å². The predicted molar refractivity (Wildman–Crippen MR) is 203 cm³/mol. The van der Waals surface area contributed by atoms with Crippen molar-refractivity contribution in [1.29, 1.82) is 0 Å². The van der Waals surface area contributed by atoms with E-state index in [1.54, 1.807) is 4.90 Å². The van der Waals surface area contributed by atoms with Gasteiger partial charge in [-0.2, -0.15) is 0 Å². The van der Waals surface area contributed by atoms with Crippen LogP contribution in [0.5, 0.6) is 0 Å². The number of carbonyl (C=O) groups excluding carboxylic acids is 4. The van der Waals surface area contributed by atoms with Crippen LogP contribution in [0.2, 0.25) is 18.1 Å². The lowest BCUT2D eigenvalue weighted by Gasteiger charge is -2.37. The van der Waals surface area contributed by atoms with Crippen molar-refractivity contribution in [3.8, 4) is 0 Å². The second-order valence-electron chi connectivity index (χ2n) is 15.7. The number of rotatable bonds is 12. The zero-order chi connectivity index (χ0) is 39.3. The summed E-state index contributed by atoms with van der Waals surface area (Å²) in [6, 6.07) is 19.0. The van der Waals surface area contributed by atoms with Crippen LogP contribution in [-0.2, 0) is 46.2 Å². The molecule has 2 saturated heterocycles. The lowest BCUT2D eigenvalue weighted by atomic mass is 9.85. The molecule has 12 nitrogen and oxygen atoms in total. The monoisotopic (exact) mass is 756 g/mol. The molecule has 0 bridgehead atoms. The van der Waals surface area contributed by atoms with Crippen LogP contribution in [0.1, 0.15) is 45.7 Å². The summed E-state index contributed by atoms with van der Waals surface area (Å²) in [5, 5.41) is 9.48. The fourth-order valence-corrected chi connectivity index (χ4v) is 7.46. The van der Waals surface area contributed by atoms with E-state index in [4.69, 9.17) is 23.4 Å². The predicted octanol–water partition coefficient (Wildman–Crippen LogP) is 6.37. The maximum absolute atomic E-state index is 12.6. The van der Waals surface area contributed by atoms with E-state index in [9.17, 15) is 24.3 Å². The second kappa shape index (κ2) is 19.9. The van der Waals surface area contributed by atoms with E-state index in [0.717, 1.165) is 11.1 Å². The van der Waals surface area contributed by atoms with Gasteiger partial charge >= 0.3 is 24.1 Å². The largest absolute Gasteiger partial charge is 0.469 e. The van der Waals surface area contributed by atoms with Crippen molar-refractivity contribution in [1.82, 2.24) is 9.80 Å². The van der Waals surface area contributed by atoms with Crippen LogP contribution in [-0.4, -0.2) is 101 Å². The summed E-state index contributed by atoms with van der Waals surface area (Å²) in [6.45, 7) is 17.4. The smallest absolute Gasteiger partial charge is 0.410 e. The molecule has 2 aromatic carbocycles. The molecule has 294 valence electrons. The quantitative estimate of drug-likeness (QED) is 0.148. The number of nitrogens with zero attached hydrogens (tertiary/aromatic N) is 2.